The molecule has 6 heteroatoms. The first-order chi connectivity index (χ1) is 12.6. The third-order valence-electron chi connectivity index (χ3n) is 4.63. The van der Waals surface area contributed by atoms with Gasteiger partial charge in [-0.1, -0.05) is 18.2 Å². The van der Waals surface area contributed by atoms with Gasteiger partial charge in [-0.15, -0.1) is 0 Å². The minimum Gasteiger partial charge on any atom is -0.493 e. The summed E-state index contributed by atoms with van der Waals surface area (Å²) in [6, 6.07) is 10.9. The Hall–Kier alpha value is -2.60. The summed E-state index contributed by atoms with van der Waals surface area (Å²) in [4.78, 5) is 28.5. The van der Waals surface area contributed by atoms with E-state index in [1.165, 1.54) is 0 Å². The minimum atomic E-state index is -0.00266. The lowest BCUT2D eigenvalue weighted by molar-refractivity contribution is 0.0624. The molecule has 1 aromatic carbocycles. The first kappa shape index (κ1) is 18.2. The summed E-state index contributed by atoms with van der Waals surface area (Å²) >= 11 is 0. The zero-order valence-corrected chi connectivity index (χ0v) is 15.4. The number of benzene rings is 1. The normalized spacial score (nSPS) is 15.1. The van der Waals surface area contributed by atoms with E-state index in [0.29, 0.717) is 31.0 Å². The van der Waals surface area contributed by atoms with Crippen LogP contribution in [0.25, 0.3) is 0 Å². The molecule has 2 aromatic rings. The molecule has 0 unspecified atom stereocenters. The Morgan fingerprint density at radius 1 is 1.08 bits per heavy atom. The molecule has 6 nitrogen and oxygen atoms in total. The van der Waals surface area contributed by atoms with Crippen molar-refractivity contribution in [1.29, 1.82) is 0 Å². The van der Waals surface area contributed by atoms with Gasteiger partial charge < -0.3 is 14.2 Å². The van der Waals surface area contributed by atoms with Crippen molar-refractivity contribution < 1.29 is 9.53 Å². The van der Waals surface area contributed by atoms with Crippen LogP contribution in [0, 0.1) is 0 Å². The number of pyridine rings is 1. The molecule has 0 aliphatic carbocycles. The maximum atomic E-state index is 12.8. The van der Waals surface area contributed by atoms with E-state index in [4.69, 9.17) is 4.74 Å². The summed E-state index contributed by atoms with van der Waals surface area (Å²) < 4.78 is 7.18. The monoisotopic (exact) mass is 355 g/mol. The number of carbonyl (C=O) groups excluding carboxylic acids is 1. The maximum Gasteiger partial charge on any atom is 0.257 e. The molecule has 0 atom stereocenters. The molecule has 0 N–H and O–H groups in total. The number of rotatable bonds is 5. The molecule has 0 radical (unpaired) electrons. The van der Waals surface area contributed by atoms with Gasteiger partial charge in [0, 0.05) is 52.0 Å². The number of ether oxygens (including phenoxy) is 1. The highest BCUT2D eigenvalue weighted by atomic mass is 16.5. The fourth-order valence-electron chi connectivity index (χ4n) is 3.21. The molecule has 1 aliphatic rings. The number of amides is 1. The summed E-state index contributed by atoms with van der Waals surface area (Å²) in [5.41, 5.74) is 1.73. The first-order valence-electron chi connectivity index (χ1n) is 8.97. The predicted octanol–water partition coefficient (Wildman–Crippen LogP) is 1.74. The van der Waals surface area contributed by atoms with Gasteiger partial charge in [-0.05, 0) is 24.6 Å². The summed E-state index contributed by atoms with van der Waals surface area (Å²) in [5, 5.41) is 0. The molecule has 0 saturated carbocycles. The topological polar surface area (TPSA) is 54.8 Å². The molecule has 0 spiro atoms. The highest BCUT2D eigenvalue weighted by Crippen LogP contribution is 2.21. The first-order valence-corrected chi connectivity index (χ1v) is 8.97. The van der Waals surface area contributed by atoms with Gasteiger partial charge in [-0.25, -0.2) is 0 Å². The highest BCUT2D eigenvalue weighted by molar-refractivity contribution is 5.97. The van der Waals surface area contributed by atoms with Crippen molar-refractivity contribution in [1.82, 2.24) is 14.4 Å². The lowest BCUT2D eigenvalue weighted by Crippen LogP contribution is -2.48. The molecule has 2 heterocycles. The number of aryl methyl sites for hydroxylation is 1. The van der Waals surface area contributed by atoms with E-state index in [1.54, 1.807) is 17.7 Å². The second kappa shape index (κ2) is 8.19. The fraction of sp³-hybridized carbons (Fsp3) is 0.400. The number of para-hydroxylation sites is 1. The second-order valence-electron chi connectivity index (χ2n) is 6.48. The molecule has 26 heavy (non-hydrogen) atoms. The molecule has 0 bridgehead atoms. The molecule has 1 fully saturated rings. The SMILES string of the molecule is CCOc1ccccc1C(=O)N1CCN(Cc2ccc(=O)n(C)c2)CC1. The summed E-state index contributed by atoms with van der Waals surface area (Å²) in [6.45, 7) is 6.23. The third-order valence-corrected chi connectivity index (χ3v) is 4.63. The summed E-state index contributed by atoms with van der Waals surface area (Å²) in [7, 11) is 1.76. The van der Waals surface area contributed by atoms with E-state index in [1.807, 2.05) is 48.4 Å². The van der Waals surface area contributed by atoms with Crippen LogP contribution in [0.15, 0.2) is 47.4 Å². The maximum absolute atomic E-state index is 12.8. The van der Waals surface area contributed by atoms with E-state index in [0.717, 1.165) is 25.2 Å². The van der Waals surface area contributed by atoms with Gasteiger partial charge in [-0.3, -0.25) is 14.5 Å². The van der Waals surface area contributed by atoms with Gasteiger partial charge in [0.25, 0.3) is 5.91 Å². The van der Waals surface area contributed by atoms with Crippen LogP contribution in [0.3, 0.4) is 0 Å². The van der Waals surface area contributed by atoms with E-state index >= 15 is 0 Å². The van der Waals surface area contributed by atoms with Crippen LogP contribution in [-0.4, -0.2) is 53.1 Å². The Balaban J connectivity index is 1.60. The smallest absolute Gasteiger partial charge is 0.257 e. The van der Waals surface area contributed by atoms with Crippen LogP contribution in [0.2, 0.25) is 0 Å². The Labute approximate surface area is 153 Å². The number of carbonyl (C=O) groups is 1. The molecule has 1 amide bonds. The highest BCUT2D eigenvalue weighted by Gasteiger charge is 2.24. The van der Waals surface area contributed by atoms with Gasteiger partial charge >= 0.3 is 0 Å². The van der Waals surface area contributed by atoms with Crippen LogP contribution >= 0.6 is 0 Å². The fourth-order valence-corrected chi connectivity index (χ4v) is 3.21. The van der Waals surface area contributed by atoms with Crippen LogP contribution < -0.4 is 10.3 Å². The Morgan fingerprint density at radius 2 is 1.81 bits per heavy atom. The predicted molar refractivity (Wildman–Crippen MR) is 100 cm³/mol. The largest absolute Gasteiger partial charge is 0.493 e. The van der Waals surface area contributed by atoms with Crippen molar-refractivity contribution in [2.75, 3.05) is 32.8 Å². The van der Waals surface area contributed by atoms with E-state index in [9.17, 15) is 9.59 Å². The van der Waals surface area contributed by atoms with Crippen molar-refractivity contribution in [3.05, 3.63) is 64.1 Å². The number of piperazine rings is 1. The average Bonchev–Trinajstić information content (AvgIpc) is 2.66. The molecular weight excluding hydrogens is 330 g/mol. The van der Waals surface area contributed by atoms with Crippen molar-refractivity contribution >= 4 is 5.91 Å². The van der Waals surface area contributed by atoms with Crippen LogP contribution in [0.4, 0.5) is 0 Å². The molecule has 1 saturated heterocycles. The number of nitrogens with zero attached hydrogens (tertiary/aromatic N) is 3. The molecule has 138 valence electrons. The van der Waals surface area contributed by atoms with Gasteiger partial charge in [0.15, 0.2) is 0 Å². The number of hydrogen-bond acceptors (Lipinski definition) is 4. The van der Waals surface area contributed by atoms with Crippen LogP contribution in [0.1, 0.15) is 22.8 Å². The molecule has 1 aliphatic heterocycles. The van der Waals surface area contributed by atoms with Crippen molar-refractivity contribution in [3.63, 3.8) is 0 Å². The zero-order chi connectivity index (χ0) is 18.5. The molecule has 1 aromatic heterocycles. The van der Waals surface area contributed by atoms with Gasteiger partial charge in [-0.2, -0.15) is 0 Å². The third kappa shape index (κ3) is 4.14. The molecular formula is C20H25N3O3. The van der Waals surface area contributed by atoms with Crippen molar-refractivity contribution in [2.24, 2.45) is 7.05 Å². The zero-order valence-electron chi connectivity index (χ0n) is 15.4. The van der Waals surface area contributed by atoms with Gasteiger partial charge in [0.1, 0.15) is 5.75 Å². The lowest BCUT2D eigenvalue weighted by atomic mass is 10.1. The van der Waals surface area contributed by atoms with E-state index in [2.05, 4.69) is 4.90 Å². The lowest BCUT2D eigenvalue weighted by Gasteiger charge is -2.35. The molecule has 3 rings (SSSR count). The number of aromatic nitrogens is 1. The Bertz CT molecular complexity index is 823. The second-order valence-corrected chi connectivity index (χ2v) is 6.48. The Morgan fingerprint density at radius 3 is 2.50 bits per heavy atom. The van der Waals surface area contributed by atoms with Gasteiger partial charge in [0.05, 0.1) is 12.2 Å². The standard InChI is InChI=1S/C20H25N3O3/c1-3-26-18-7-5-4-6-17(18)20(25)23-12-10-22(11-13-23)15-16-8-9-19(24)21(2)14-16/h4-9,14H,3,10-13,15H2,1-2H3. The van der Waals surface area contributed by atoms with Crippen molar-refractivity contribution in [3.8, 4) is 5.75 Å². The number of hydrogen-bond donors (Lipinski definition) is 0. The summed E-state index contributed by atoms with van der Waals surface area (Å²) in [5.74, 6) is 0.670. The Kier molecular flexibility index (Phi) is 5.73. The van der Waals surface area contributed by atoms with E-state index < -0.39 is 0 Å². The summed E-state index contributed by atoms with van der Waals surface area (Å²) in [6.07, 6.45) is 1.87. The van der Waals surface area contributed by atoms with Crippen LogP contribution in [-0.2, 0) is 13.6 Å². The van der Waals surface area contributed by atoms with E-state index in [-0.39, 0.29) is 11.5 Å². The minimum absolute atomic E-state index is 0.00266. The van der Waals surface area contributed by atoms with Crippen LogP contribution in [0.5, 0.6) is 5.75 Å². The van der Waals surface area contributed by atoms with Gasteiger partial charge in [0.2, 0.25) is 5.56 Å². The quantitative estimate of drug-likeness (QED) is 0.820. The average molecular weight is 355 g/mol. The van der Waals surface area contributed by atoms with Crippen molar-refractivity contribution in [2.45, 2.75) is 13.5 Å².